The zero-order chi connectivity index (χ0) is 14.9. The Kier molecular flexibility index (Phi) is 3.19. The summed E-state index contributed by atoms with van der Waals surface area (Å²) in [5.74, 6) is 0. The summed E-state index contributed by atoms with van der Waals surface area (Å²) in [4.78, 5) is 0. The zero-order valence-electron chi connectivity index (χ0n) is 12.6. The third kappa shape index (κ3) is 1.94. The van der Waals surface area contributed by atoms with Crippen molar-refractivity contribution in [1.82, 2.24) is 0 Å². The molecule has 0 saturated carbocycles. The molecule has 103 valence electrons. The molecule has 0 amide bonds. The Bertz CT molecular complexity index is 898. The number of hydrogen-bond donors (Lipinski definition) is 0. The van der Waals surface area contributed by atoms with Gasteiger partial charge in [0.15, 0.2) is 0 Å². The summed E-state index contributed by atoms with van der Waals surface area (Å²) in [5, 5.41) is 5.28. The van der Waals surface area contributed by atoms with Crippen molar-refractivity contribution in [2.24, 2.45) is 0 Å². The maximum absolute atomic E-state index is 2.23. The van der Waals surface area contributed by atoms with E-state index in [1.54, 1.807) is 0 Å². The maximum atomic E-state index is 2.23. The monoisotopic (exact) mass is 279 g/mol. The highest BCUT2D eigenvalue weighted by Gasteiger charge is 2.13. The quantitative estimate of drug-likeness (QED) is 0.356. The van der Waals surface area contributed by atoms with E-state index in [1.165, 1.54) is 38.1 Å². The van der Waals surface area contributed by atoms with Crippen LogP contribution in [0.5, 0.6) is 0 Å². The molecule has 0 aliphatic heterocycles. The van der Waals surface area contributed by atoms with Gasteiger partial charge in [-0.05, 0) is 32.7 Å². The van der Waals surface area contributed by atoms with Crippen LogP contribution in [0, 0.1) is 0 Å². The Balaban J connectivity index is 2.27. The summed E-state index contributed by atoms with van der Waals surface area (Å²) in [6.07, 6.45) is 0. The highest BCUT2D eigenvalue weighted by Crippen LogP contribution is 2.34. The van der Waals surface area contributed by atoms with Crippen molar-refractivity contribution < 1.29 is 0 Å². The normalized spacial score (nSPS) is 11.0. The SMILES string of the molecule is C[B]c1c2ccccc2c(-c2ccccc2)c2ccccc12. The van der Waals surface area contributed by atoms with Gasteiger partial charge in [-0.3, -0.25) is 0 Å². The van der Waals surface area contributed by atoms with Gasteiger partial charge in [0.05, 0.1) is 0 Å². The van der Waals surface area contributed by atoms with Crippen LogP contribution in [0.25, 0.3) is 32.7 Å². The van der Waals surface area contributed by atoms with Gasteiger partial charge in [-0.2, -0.15) is 0 Å². The Morgan fingerprint density at radius 2 is 1.00 bits per heavy atom. The molecule has 1 radical (unpaired) electrons. The van der Waals surface area contributed by atoms with E-state index in [0.29, 0.717) is 0 Å². The van der Waals surface area contributed by atoms with Crippen molar-refractivity contribution >= 4 is 34.3 Å². The van der Waals surface area contributed by atoms with Gasteiger partial charge in [-0.25, -0.2) is 0 Å². The fourth-order valence-electron chi connectivity index (χ4n) is 3.39. The molecule has 0 fully saturated rings. The number of rotatable bonds is 2. The van der Waals surface area contributed by atoms with Crippen LogP contribution >= 0.6 is 0 Å². The van der Waals surface area contributed by atoms with Crippen molar-refractivity contribution in [3.05, 3.63) is 78.9 Å². The zero-order valence-corrected chi connectivity index (χ0v) is 12.6. The first-order chi connectivity index (χ1) is 10.9. The first kappa shape index (κ1) is 13.2. The number of benzene rings is 4. The Labute approximate surface area is 131 Å². The Hall–Kier alpha value is -2.54. The van der Waals surface area contributed by atoms with E-state index in [-0.39, 0.29) is 0 Å². The summed E-state index contributed by atoms with van der Waals surface area (Å²) >= 11 is 0. The van der Waals surface area contributed by atoms with Gasteiger partial charge < -0.3 is 0 Å². The van der Waals surface area contributed by atoms with Crippen LogP contribution in [0.1, 0.15) is 0 Å². The van der Waals surface area contributed by atoms with Crippen LogP contribution in [0.15, 0.2) is 78.9 Å². The molecule has 0 N–H and O–H groups in total. The second-order valence-corrected chi connectivity index (χ2v) is 5.53. The minimum absolute atomic E-state index is 1.28. The summed E-state index contributed by atoms with van der Waals surface area (Å²) in [7, 11) is 2.22. The van der Waals surface area contributed by atoms with Crippen molar-refractivity contribution in [3.63, 3.8) is 0 Å². The lowest BCUT2D eigenvalue weighted by Gasteiger charge is -2.16. The standard InChI is InChI=1S/C21H16B/c1-22-21-18-13-7-5-11-16(18)20(15-9-3-2-4-10-15)17-12-6-8-14-19(17)21/h2-14H,1H3. The van der Waals surface area contributed by atoms with Crippen LogP contribution in [-0.4, -0.2) is 7.28 Å². The molecule has 4 aromatic carbocycles. The molecule has 4 aromatic rings. The molecule has 0 bridgehead atoms. The third-order valence-corrected chi connectivity index (χ3v) is 4.32. The molecule has 0 heterocycles. The molecular weight excluding hydrogens is 263 g/mol. The lowest BCUT2D eigenvalue weighted by Crippen LogP contribution is -2.14. The van der Waals surface area contributed by atoms with Gasteiger partial charge in [0, 0.05) is 0 Å². The molecule has 0 atom stereocenters. The maximum Gasteiger partial charge on any atom is 0.149 e. The molecule has 0 saturated heterocycles. The van der Waals surface area contributed by atoms with E-state index >= 15 is 0 Å². The summed E-state index contributed by atoms with van der Waals surface area (Å²) < 4.78 is 0. The lowest BCUT2D eigenvalue weighted by atomic mass is 9.68. The summed E-state index contributed by atoms with van der Waals surface area (Å²) in [5.41, 5.74) is 3.93. The predicted octanol–water partition coefficient (Wildman–Crippen LogP) is 5.04. The van der Waals surface area contributed by atoms with Crippen molar-refractivity contribution in [3.8, 4) is 11.1 Å². The Morgan fingerprint density at radius 1 is 0.545 bits per heavy atom. The molecule has 4 rings (SSSR count). The average molecular weight is 279 g/mol. The summed E-state index contributed by atoms with van der Waals surface area (Å²) in [6, 6.07) is 28.1. The second-order valence-electron chi connectivity index (χ2n) is 5.53. The second kappa shape index (κ2) is 5.34. The number of fused-ring (bicyclic) bond motifs is 2. The molecule has 0 aliphatic rings. The highest BCUT2D eigenvalue weighted by atomic mass is 14.1. The van der Waals surface area contributed by atoms with Gasteiger partial charge in [-0.1, -0.05) is 91.1 Å². The lowest BCUT2D eigenvalue weighted by molar-refractivity contribution is 1.68. The first-order valence-corrected chi connectivity index (χ1v) is 7.68. The van der Waals surface area contributed by atoms with Crippen LogP contribution in [0.4, 0.5) is 0 Å². The number of hydrogen-bond acceptors (Lipinski definition) is 0. The van der Waals surface area contributed by atoms with E-state index in [9.17, 15) is 0 Å². The fraction of sp³-hybridized carbons (Fsp3) is 0.0476. The van der Waals surface area contributed by atoms with E-state index in [1.807, 2.05) is 0 Å². The predicted molar refractivity (Wildman–Crippen MR) is 98.1 cm³/mol. The van der Waals surface area contributed by atoms with E-state index in [2.05, 4.69) is 93.0 Å². The Morgan fingerprint density at radius 3 is 1.50 bits per heavy atom. The van der Waals surface area contributed by atoms with Gasteiger partial charge >= 0.3 is 0 Å². The first-order valence-electron chi connectivity index (χ1n) is 7.68. The van der Waals surface area contributed by atoms with Crippen molar-refractivity contribution in [1.29, 1.82) is 0 Å². The average Bonchev–Trinajstić information content (AvgIpc) is 2.60. The molecule has 1 heteroatoms. The van der Waals surface area contributed by atoms with Crippen molar-refractivity contribution in [2.45, 2.75) is 6.82 Å². The van der Waals surface area contributed by atoms with Gasteiger partial charge in [-0.15, -0.1) is 0 Å². The minimum Gasteiger partial charge on any atom is -0.0872 e. The molecular formula is C21H16B. The molecule has 0 nitrogen and oxygen atoms in total. The molecule has 0 spiro atoms. The highest BCUT2D eigenvalue weighted by molar-refractivity contribution is 6.60. The van der Waals surface area contributed by atoms with Crippen LogP contribution in [-0.2, 0) is 0 Å². The molecule has 22 heavy (non-hydrogen) atoms. The molecule has 0 aliphatic carbocycles. The van der Waals surface area contributed by atoms with Gasteiger partial charge in [0.2, 0.25) is 0 Å². The van der Waals surface area contributed by atoms with E-state index in [0.717, 1.165) is 0 Å². The van der Waals surface area contributed by atoms with Crippen molar-refractivity contribution in [2.75, 3.05) is 0 Å². The van der Waals surface area contributed by atoms with E-state index in [4.69, 9.17) is 0 Å². The smallest absolute Gasteiger partial charge is 0.0872 e. The molecule has 0 aromatic heterocycles. The van der Waals surface area contributed by atoms with Crippen LogP contribution < -0.4 is 5.46 Å². The largest absolute Gasteiger partial charge is 0.149 e. The third-order valence-electron chi connectivity index (χ3n) is 4.32. The van der Waals surface area contributed by atoms with Crippen LogP contribution in [0.2, 0.25) is 6.82 Å². The van der Waals surface area contributed by atoms with Gasteiger partial charge in [0.1, 0.15) is 7.28 Å². The van der Waals surface area contributed by atoms with Crippen LogP contribution in [0.3, 0.4) is 0 Å². The van der Waals surface area contributed by atoms with E-state index < -0.39 is 0 Å². The fourth-order valence-corrected chi connectivity index (χ4v) is 3.39. The minimum atomic E-state index is 1.28. The molecule has 0 unspecified atom stereocenters. The summed E-state index contributed by atoms with van der Waals surface area (Å²) in [6.45, 7) is 2.12. The van der Waals surface area contributed by atoms with Gasteiger partial charge in [0.25, 0.3) is 0 Å². The topological polar surface area (TPSA) is 0 Å².